The third-order valence-electron chi connectivity index (χ3n) is 2.91. The SMILES string of the molecule is CCOC(=O)Cc1coc2cc(CCC=O)ccc12. The molecule has 0 aliphatic rings. The number of aldehydes is 1. The van der Waals surface area contributed by atoms with E-state index in [-0.39, 0.29) is 12.4 Å². The smallest absolute Gasteiger partial charge is 0.310 e. The molecule has 1 heterocycles. The molecule has 0 N–H and O–H groups in total. The fraction of sp³-hybridized carbons (Fsp3) is 0.333. The molecular weight excluding hydrogens is 244 g/mol. The summed E-state index contributed by atoms with van der Waals surface area (Å²) in [6.45, 7) is 2.16. The molecule has 19 heavy (non-hydrogen) atoms. The summed E-state index contributed by atoms with van der Waals surface area (Å²) in [6, 6.07) is 5.79. The number of hydrogen-bond acceptors (Lipinski definition) is 4. The van der Waals surface area contributed by atoms with E-state index in [0.717, 1.165) is 28.4 Å². The van der Waals surface area contributed by atoms with Crippen LogP contribution in [-0.4, -0.2) is 18.9 Å². The van der Waals surface area contributed by atoms with Crippen molar-refractivity contribution in [3.63, 3.8) is 0 Å². The van der Waals surface area contributed by atoms with Crippen molar-refractivity contribution in [2.45, 2.75) is 26.2 Å². The highest BCUT2D eigenvalue weighted by molar-refractivity contribution is 5.86. The highest BCUT2D eigenvalue weighted by Gasteiger charge is 2.11. The molecule has 4 nitrogen and oxygen atoms in total. The van der Waals surface area contributed by atoms with E-state index in [2.05, 4.69) is 0 Å². The predicted octanol–water partition coefficient (Wildman–Crippen LogP) is 2.67. The molecule has 0 saturated carbocycles. The van der Waals surface area contributed by atoms with Gasteiger partial charge in [-0.1, -0.05) is 12.1 Å². The van der Waals surface area contributed by atoms with Crippen molar-refractivity contribution in [3.05, 3.63) is 35.6 Å². The quantitative estimate of drug-likeness (QED) is 0.592. The monoisotopic (exact) mass is 260 g/mol. The minimum absolute atomic E-state index is 0.217. The second kappa shape index (κ2) is 6.18. The number of ether oxygens (including phenoxy) is 1. The average Bonchev–Trinajstić information content (AvgIpc) is 2.79. The fourth-order valence-corrected chi connectivity index (χ4v) is 2.01. The van der Waals surface area contributed by atoms with Crippen molar-refractivity contribution < 1.29 is 18.7 Å². The lowest BCUT2D eigenvalue weighted by Crippen LogP contribution is -2.06. The third-order valence-corrected chi connectivity index (χ3v) is 2.91. The number of fused-ring (bicyclic) bond motifs is 1. The van der Waals surface area contributed by atoms with Gasteiger partial charge in [0, 0.05) is 17.4 Å². The summed E-state index contributed by atoms with van der Waals surface area (Å²) in [7, 11) is 0. The Labute approximate surface area is 111 Å². The zero-order valence-corrected chi connectivity index (χ0v) is 10.8. The minimum atomic E-state index is -0.254. The summed E-state index contributed by atoms with van der Waals surface area (Å²) in [5.41, 5.74) is 2.62. The van der Waals surface area contributed by atoms with Gasteiger partial charge in [0.1, 0.15) is 11.9 Å². The van der Waals surface area contributed by atoms with Crippen molar-refractivity contribution in [1.29, 1.82) is 0 Å². The molecule has 0 unspecified atom stereocenters. The summed E-state index contributed by atoms with van der Waals surface area (Å²) >= 11 is 0. The van der Waals surface area contributed by atoms with Crippen LogP contribution in [0.3, 0.4) is 0 Å². The van der Waals surface area contributed by atoms with Crippen LogP contribution in [0.4, 0.5) is 0 Å². The number of aryl methyl sites for hydroxylation is 1. The van der Waals surface area contributed by atoms with Crippen LogP contribution in [0.1, 0.15) is 24.5 Å². The first-order chi connectivity index (χ1) is 9.24. The fourth-order valence-electron chi connectivity index (χ4n) is 2.01. The second-order valence-electron chi connectivity index (χ2n) is 4.28. The lowest BCUT2D eigenvalue weighted by molar-refractivity contribution is -0.142. The third kappa shape index (κ3) is 3.22. The molecule has 2 rings (SSSR count). The standard InChI is InChI=1S/C15H16O4/c1-2-18-15(17)9-12-10-19-14-8-11(4-3-7-16)5-6-13(12)14/h5-8,10H,2-4,9H2,1H3. The number of benzene rings is 1. The molecule has 0 saturated heterocycles. The number of rotatable bonds is 6. The van der Waals surface area contributed by atoms with Crippen molar-refractivity contribution in [2.24, 2.45) is 0 Å². The molecule has 2 aromatic rings. The number of carbonyl (C=O) groups excluding carboxylic acids is 2. The van der Waals surface area contributed by atoms with E-state index in [1.54, 1.807) is 13.2 Å². The van der Waals surface area contributed by atoms with Gasteiger partial charge in [0.25, 0.3) is 0 Å². The molecule has 0 amide bonds. The lowest BCUT2D eigenvalue weighted by atomic mass is 10.1. The molecule has 0 aliphatic carbocycles. The Morgan fingerprint density at radius 3 is 3.00 bits per heavy atom. The molecule has 0 bridgehead atoms. The molecule has 1 aromatic heterocycles. The Kier molecular flexibility index (Phi) is 4.34. The highest BCUT2D eigenvalue weighted by atomic mass is 16.5. The summed E-state index contributed by atoms with van der Waals surface area (Å²) in [4.78, 5) is 21.8. The molecule has 0 radical (unpaired) electrons. The average molecular weight is 260 g/mol. The van der Waals surface area contributed by atoms with Crippen LogP contribution in [0, 0.1) is 0 Å². The summed E-state index contributed by atoms with van der Waals surface area (Å²) in [5, 5.41) is 0.919. The number of carbonyl (C=O) groups is 2. The molecule has 100 valence electrons. The largest absolute Gasteiger partial charge is 0.466 e. The summed E-state index contributed by atoms with van der Waals surface area (Å²) in [6.07, 6.45) is 3.91. The van der Waals surface area contributed by atoms with Gasteiger partial charge in [-0.2, -0.15) is 0 Å². The Bertz CT molecular complexity index is 583. The molecular formula is C15H16O4. The number of hydrogen-bond donors (Lipinski definition) is 0. The Balaban J connectivity index is 2.19. The van der Waals surface area contributed by atoms with E-state index < -0.39 is 0 Å². The van der Waals surface area contributed by atoms with Gasteiger partial charge in [0.15, 0.2) is 0 Å². The number of esters is 1. The van der Waals surface area contributed by atoms with Crippen LogP contribution in [0.25, 0.3) is 11.0 Å². The molecule has 4 heteroatoms. The minimum Gasteiger partial charge on any atom is -0.466 e. The molecule has 0 spiro atoms. The van der Waals surface area contributed by atoms with Gasteiger partial charge in [-0.3, -0.25) is 4.79 Å². The normalized spacial score (nSPS) is 10.6. The first kappa shape index (κ1) is 13.3. The van der Waals surface area contributed by atoms with Crippen LogP contribution < -0.4 is 0 Å². The second-order valence-corrected chi connectivity index (χ2v) is 4.28. The van der Waals surface area contributed by atoms with Crippen molar-refractivity contribution in [1.82, 2.24) is 0 Å². The van der Waals surface area contributed by atoms with Crippen LogP contribution >= 0.6 is 0 Å². The summed E-state index contributed by atoms with van der Waals surface area (Å²) < 4.78 is 10.4. The van der Waals surface area contributed by atoms with Gasteiger partial charge in [-0.05, 0) is 25.0 Å². The van der Waals surface area contributed by atoms with Crippen LogP contribution in [0.5, 0.6) is 0 Å². The number of furan rings is 1. The van der Waals surface area contributed by atoms with Crippen LogP contribution in [0.15, 0.2) is 28.9 Å². The summed E-state index contributed by atoms with van der Waals surface area (Å²) in [5.74, 6) is -0.254. The Morgan fingerprint density at radius 1 is 1.42 bits per heavy atom. The van der Waals surface area contributed by atoms with Crippen molar-refractivity contribution in [2.75, 3.05) is 6.61 Å². The first-order valence-electron chi connectivity index (χ1n) is 6.33. The topological polar surface area (TPSA) is 56.5 Å². The lowest BCUT2D eigenvalue weighted by Gasteiger charge is -2.00. The van der Waals surface area contributed by atoms with E-state index >= 15 is 0 Å². The maximum atomic E-state index is 11.5. The maximum absolute atomic E-state index is 11.5. The first-order valence-corrected chi connectivity index (χ1v) is 6.33. The van der Waals surface area contributed by atoms with Crippen LogP contribution in [-0.2, 0) is 27.2 Å². The van der Waals surface area contributed by atoms with E-state index in [1.807, 2.05) is 18.2 Å². The zero-order chi connectivity index (χ0) is 13.7. The Morgan fingerprint density at radius 2 is 2.26 bits per heavy atom. The van der Waals surface area contributed by atoms with E-state index in [4.69, 9.17) is 9.15 Å². The highest BCUT2D eigenvalue weighted by Crippen LogP contribution is 2.23. The van der Waals surface area contributed by atoms with Gasteiger partial charge in [0.05, 0.1) is 19.3 Å². The van der Waals surface area contributed by atoms with Gasteiger partial charge < -0.3 is 13.9 Å². The Hall–Kier alpha value is -2.10. The van der Waals surface area contributed by atoms with Crippen molar-refractivity contribution in [3.8, 4) is 0 Å². The van der Waals surface area contributed by atoms with Gasteiger partial charge in [0.2, 0.25) is 0 Å². The zero-order valence-electron chi connectivity index (χ0n) is 10.8. The van der Waals surface area contributed by atoms with Crippen LogP contribution in [0.2, 0.25) is 0 Å². The molecule has 0 aliphatic heterocycles. The predicted molar refractivity (Wildman–Crippen MR) is 70.9 cm³/mol. The van der Waals surface area contributed by atoms with Gasteiger partial charge in [-0.25, -0.2) is 0 Å². The van der Waals surface area contributed by atoms with E-state index in [9.17, 15) is 9.59 Å². The van der Waals surface area contributed by atoms with Gasteiger partial charge >= 0.3 is 5.97 Å². The van der Waals surface area contributed by atoms with E-state index in [0.29, 0.717) is 19.4 Å². The maximum Gasteiger partial charge on any atom is 0.310 e. The molecule has 1 aromatic carbocycles. The van der Waals surface area contributed by atoms with Gasteiger partial charge in [-0.15, -0.1) is 0 Å². The molecule has 0 fully saturated rings. The van der Waals surface area contributed by atoms with E-state index in [1.165, 1.54) is 0 Å². The molecule has 0 atom stereocenters. The van der Waals surface area contributed by atoms with Crippen molar-refractivity contribution >= 4 is 23.2 Å².